The summed E-state index contributed by atoms with van der Waals surface area (Å²) in [6.07, 6.45) is 11.6. The zero-order chi connectivity index (χ0) is 17.1. The fourth-order valence-corrected chi connectivity index (χ4v) is 5.27. The molecule has 0 bridgehead atoms. The zero-order valence-corrected chi connectivity index (χ0v) is 15.6. The molecule has 4 aliphatic rings. The summed E-state index contributed by atoms with van der Waals surface area (Å²) in [5, 5.41) is 3.34. The van der Waals surface area contributed by atoms with E-state index >= 15 is 0 Å². The van der Waals surface area contributed by atoms with Gasteiger partial charge in [0.2, 0.25) is 0 Å². The second kappa shape index (κ2) is 8.26. The van der Waals surface area contributed by atoms with Gasteiger partial charge in [-0.25, -0.2) is 4.79 Å². The van der Waals surface area contributed by atoms with E-state index in [1.54, 1.807) is 0 Å². The fraction of sp³-hybridized carbons (Fsp3) is 0.950. The number of nitrogens with one attached hydrogen (secondary N) is 1. The summed E-state index contributed by atoms with van der Waals surface area (Å²) in [5.41, 5.74) is 0. The van der Waals surface area contributed by atoms with Crippen molar-refractivity contribution in [1.29, 1.82) is 0 Å². The van der Waals surface area contributed by atoms with Crippen LogP contribution in [0.3, 0.4) is 0 Å². The van der Waals surface area contributed by atoms with Crippen molar-refractivity contribution in [2.75, 3.05) is 39.4 Å². The van der Waals surface area contributed by atoms with Gasteiger partial charge in [0.05, 0.1) is 0 Å². The maximum atomic E-state index is 12.7. The topological polar surface area (TPSA) is 44.8 Å². The van der Waals surface area contributed by atoms with E-state index in [2.05, 4.69) is 15.1 Å². The van der Waals surface area contributed by atoms with Gasteiger partial charge in [0.1, 0.15) is 0 Å². The molecule has 0 spiro atoms. The lowest BCUT2D eigenvalue weighted by atomic mass is 9.85. The van der Waals surface area contributed by atoms with Crippen LogP contribution in [-0.2, 0) is 4.74 Å². The summed E-state index contributed by atoms with van der Waals surface area (Å²) in [6, 6.07) is 1.32. The van der Waals surface area contributed by atoms with Crippen LogP contribution in [0.1, 0.15) is 57.8 Å². The third-order valence-electron chi connectivity index (χ3n) is 6.93. The second-order valence-corrected chi connectivity index (χ2v) is 8.57. The number of ether oxygens (including phenoxy) is 1. The lowest BCUT2D eigenvalue weighted by Gasteiger charge is -2.33. The third kappa shape index (κ3) is 4.48. The van der Waals surface area contributed by atoms with Crippen LogP contribution in [0.5, 0.6) is 0 Å². The van der Waals surface area contributed by atoms with Crippen molar-refractivity contribution in [1.82, 2.24) is 15.1 Å². The largest absolute Gasteiger partial charge is 0.381 e. The van der Waals surface area contributed by atoms with Gasteiger partial charge in [0.15, 0.2) is 0 Å². The Morgan fingerprint density at radius 3 is 2.48 bits per heavy atom. The molecule has 0 aromatic heterocycles. The van der Waals surface area contributed by atoms with Crippen LogP contribution in [0.4, 0.5) is 4.79 Å². The number of carbonyl (C=O) groups is 1. The van der Waals surface area contributed by atoms with Gasteiger partial charge in [-0.15, -0.1) is 0 Å². The second-order valence-electron chi connectivity index (χ2n) is 8.57. The van der Waals surface area contributed by atoms with E-state index in [1.807, 2.05) is 0 Å². The first-order valence-corrected chi connectivity index (χ1v) is 10.7. The molecule has 2 amide bonds. The summed E-state index contributed by atoms with van der Waals surface area (Å²) in [7, 11) is 0. The third-order valence-corrected chi connectivity index (χ3v) is 6.93. The summed E-state index contributed by atoms with van der Waals surface area (Å²) in [6.45, 7) is 5.74. The number of carbonyl (C=O) groups excluding carboxylic acids is 1. The van der Waals surface area contributed by atoms with Crippen LogP contribution in [0.2, 0.25) is 0 Å². The van der Waals surface area contributed by atoms with Crippen molar-refractivity contribution in [3.63, 3.8) is 0 Å². The maximum absolute atomic E-state index is 12.7. The molecule has 2 atom stereocenters. The minimum Gasteiger partial charge on any atom is -0.381 e. The Labute approximate surface area is 152 Å². The number of hydrogen-bond acceptors (Lipinski definition) is 3. The molecule has 5 nitrogen and oxygen atoms in total. The molecule has 2 aliphatic carbocycles. The predicted octanol–water partition coefficient (Wildman–Crippen LogP) is 2.85. The highest BCUT2D eigenvalue weighted by molar-refractivity contribution is 5.75. The monoisotopic (exact) mass is 349 g/mol. The van der Waals surface area contributed by atoms with E-state index in [4.69, 9.17) is 4.74 Å². The van der Waals surface area contributed by atoms with E-state index in [0.29, 0.717) is 12.1 Å². The molecule has 0 radical (unpaired) electrons. The average Bonchev–Trinajstić information content (AvgIpc) is 3.46. The number of nitrogens with zero attached hydrogens (tertiary/aromatic N) is 2. The first-order valence-electron chi connectivity index (χ1n) is 10.7. The Hall–Kier alpha value is -0.810. The highest BCUT2D eigenvalue weighted by atomic mass is 16.5. The van der Waals surface area contributed by atoms with Crippen molar-refractivity contribution in [2.24, 2.45) is 11.8 Å². The summed E-state index contributed by atoms with van der Waals surface area (Å²) >= 11 is 0. The molecule has 142 valence electrons. The Morgan fingerprint density at radius 1 is 0.880 bits per heavy atom. The van der Waals surface area contributed by atoms with Gasteiger partial charge < -0.3 is 15.0 Å². The molecule has 0 unspecified atom stereocenters. The van der Waals surface area contributed by atoms with Gasteiger partial charge in [0.25, 0.3) is 0 Å². The Morgan fingerprint density at radius 2 is 1.68 bits per heavy atom. The van der Waals surface area contributed by atoms with Crippen molar-refractivity contribution in [3.05, 3.63) is 0 Å². The van der Waals surface area contributed by atoms with Crippen molar-refractivity contribution in [3.8, 4) is 0 Å². The smallest absolute Gasteiger partial charge is 0.317 e. The Balaban J connectivity index is 1.21. The Bertz CT molecular complexity index is 446. The molecule has 5 heteroatoms. The van der Waals surface area contributed by atoms with E-state index in [9.17, 15) is 4.79 Å². The molecule has 0 aromatic rings. The van der Waals surface area contributed by atoms with Gasteiger partial charge in [-0.1, -0.05) is 32.1 Å². The van der Waals surface area contributed by atoms with Crippen LogP contribution < -0.4 is 5.32 Å². The number of rotatable bonds is 3. The first kappa shape index (κ1) is 17.6. The highest BCUT2D eigenvalue weighted by Crippen LogP contribution is 2.44. The number of urea groups is 1. The lowest BCUT2D eigenvalue weighted by molar-refractivity contribution is 0.0356. The minimum atomic E-state index is 0.192. The number of hydrogen-bond donors (Lipinski definition) is 1. The van der Waals surface area contributed by atoms with Crippen LogP contribution in [-0.4, -0.2) is 67.3 Å². The Kier molecular flexibility index (Phi) is 5.81. The predicted molar refractivity (Wildman–Crippen MR) is 98.6 cm³/mol. The molecule has 2 heterocycles. The molecular weight excluding hydrogens is 314 g/mol. The molecular formula is C20H35N3O2. The van der Waals surface area contributed by atoms with Crippen molar-refractivity contribution < 1.29 is 9.53 Å². The minimum absolute atomic E-state index is 0.192. The zero-order valence-electron chi connectivity index (χ0n) is 15.6. The van der Waals surface area contributed by atoms with Gasteiger partial charge in [-0.2, -0.15) is 0 Å². The molecule has 0 aromatic carbocycles. The first-order chi connectivity index (χ1) is 12.3. The summed E-state index contributed by atoms with van der Waals surface area (Å²) < 4.78 is 5.49. The molecule has 2 saturated heterocycles. The molecule has 2 aliphatic heterocycles. The molecule has 2 saturated carbocycles. The van der Waals surface area contributed by atoms with E-state index in [1.165, 1.54) is 38.5 Å². The van der Waals surface area contributed by atoms with E-state index in [-0.39, 0.29) is 6.03 Å². The molecule has 4 rings (SSSR count). The van der Waals surface area contributed by atoms with Gasteiger partial charge in [-0.05, 0) is 37.5 Å². The van der Waals surface area contributed by atoms with Gasteiger partial charge >= 0.3 is 6.03 Å². The summed E-state index contributed by atoms with van der Waals surface area (Å²) in [5.74, 6) is 1.65. The summed E-state index contributed by atoms with van der Waals surface area (Å²) in [4.78, 5) is 17.3. The van der Waals surface area contributed by atoms with E-state index < -0.39 is 0 Å². The molecule has 1 N–H and O–H groups in total. The van der Waals surface area contributed by atoms with Crippen LogP contribution >= 0.6 is 0 Å². The quantitative estimate of drug-likeness (QED) is 0.852. The van der Waals surface area contributed by atoms with E-state index in [0.717, 1.165) is 70.5 Å². The fourth-order valence-electron chi connectivity index (χ4n) is 5.27. The maximum Gasteiger partial charge on any atom is 0.317 e. The normalized spacial score (nSPS) is 33.0. The molecule has 4 fully saturated rings. The van der Waals surface area contributed by atoms with Crippen molar-refractivity contribution in [2.45, 2.75) is 69.9 Å². The lowest BCUT2D eigenvalue weighted by Crippen LogP contribution is -2.45. The van der Waals surface area contributed by atoms with Gasteiger partial charge in [0, 0.05) is 51.5 Å². The van der Waals surface area contributed by atoms with Crippen LogP contribution in [0.25, 0.3) is 0 Å². The highest BCUT2D eigenvalue weighted by Gasteiger charge is 2.44. The standard InChI is InChI=1S/C20H35N3O2/c24-20(21-19-15-18(19)16-5-2-1-3-6-16)23-10-4-9-22(11-12-23)17-7-13-25-14-8-17/h16-19H,1-15H2,(H,21,24)/t18-,19-/m0/s1. The number of amides is 2. The SMILES string of the molecule is O=C(N[C@H]1C[C@H]1C1CCCCC1)N1CCCN(C2CCOCC2)CC1. The average molecular weight is 350 g/mol. The van der Waals surface area contributed by atoms with Crippen molar-refractivity contribution >= 4 is 6.03 Å². The molecule has 25 heavy (non-hydrogen) atoms. The van der Waals surface area contributed by atoms with Crippen LogP contribution in [0.15, 0.2) is 0 Å². The van der Waals surface area contributed by atoms with Gasteiger partial charge in [-0.3, -0.25) is 4.90 Å². The van der Waals surface area contributed by atoms with Crippen LogP contribution in [0, 0.1) is 11.8 Å².